The fourth-order valence-electron chi connectivity index (χ4n) is 1.85. The first-order valence-corrected chi connectivity index (χ1v) is 7.78. The summed E-state index contributed by atoms with van der Waals surface area (Å²) in [6, 6.07) is 5.96. The van der Waals surface area contributed by atoms with E-state index < -0.39 is 0 Å². The van der Waals surface area contributed by atoms with Crippen molar-refractivity contribution in [1.82, 2.24) is 20.6 Å². The standard InChI is InChI=1S/C15H21N5S/c1-11-12(2)21-14(20-11)10-19-15(16-3)18-9-7-13-6-4-5-8-17-13/h4-6,8H,7,9-10H2,1-3H3,(H2,16,18,19). The Balaban J connectivity index is 1.76. The lowest BCUT2D eigenvalue weighted by atomic mass is 10.3. The molecule has 0 atom stereocenters. The van der Waals surface area contributed by atoms with Gasteiger partial charge in [-0.3, -0.25) is 9.98 Å². The zero-order valence-electron chi connectivity index (χ0n) is 12.7. The quantitative estimate of drug-likeness (QED) is 0.655. The molecule has 0 aliphatic rings. The van der Waals surface area contributed by atoms with Crippen LogP contribution in [0.1, 0.15) is 21.3 Å². The lowest BCUT2D eigenvalue weighted by Crippen LogP contribution is -2.37. The van der Waals surface area contributed by atoms with E-state index in [1.54, 1.807) is 18.4 Å². The van der Waals surface area contributed by atoms with Crippen molar-refractivity contribution in [1.29, 1.82) is 0 Å². The molecule has 0 aliphatic heterocycles. The van der Waals surface area contributed by atoms with Crippen LogP contribution in [0.15, 0.2) is 29.4 Å². The van der Waals surface area contributed by atoms with Gasteiger partial charge in [-0.25, -0.2) is 4.98 Å². The molecule has 6 heteroatoms. The monoisotopic (exact) mass is 303 g/mol. The largest absolute Gasteiger partial charge is 0.356 e. The van der Waals surface area contributed by atoms with Crippen molar-refractivity contribution in [2.24, 2.45) is 4.99 Å². The van der Waals surface area contributed by atoms with Gasteiger partial charge >= 0.3 is 0 Å². The van der Waals surface area contributed by atoms with Crippen LogP contribution in [0.5, 0.6) is 0 Å². The maximum Gasteiger partial charge on any atom is 0.191 e. The number of rotatable bonds is 5. The predicted octanol–water partition coefficient (Wildman–Crippen LogP) is 2.06. The van der Waals surface area contributed by atoms with Gasteiger partial charge in [0.05, 0.1) is 12.2 Å². The van der Waals surface area contributed by atoms with Crippen LogP contribution < -0.4 is 10.6 Å². The van der Waals surface area contributed by atoms with Gasteiger partial charge < -0.3 is 10.6 Å². The molecule has 2 heterocycles. The maximum absolute atomic E-state index is 4.51. The van der Waals surface area contributed by atoms with Crippen LogP contribution in [0.2, 0.25) is 0 Å². The average Bonchev–Trinajstić information content (AvgIpc) is 2.82. The second kappa shape index (κ2) is 7.73. The minimum Gasteiger partial charge on any atom is -0.356 e. The smallest absolute Gasteiger partial charge is 0.191 e. The van der Waals surface area contributed by atoms with E-state index >= 15 is 0 Å². The first-order chi connectivity index (χ1) is 10.2. The first-order valence-electron chi connectivity index (χ1n) is 6.96. The summed E-state index contributed by atoms with van der Waals surface area (Å²) < 4.78 is 0. The highest BCUT2D eigenvalue weighted by atomic mass is 32.1. The highest BCUT2D eigenvalue weighted by Gasteiger charge is 2.04. The Bertz CT molecular complexity index is 572. The molecule has 0 unspecified atom stereocenters. The molecule has 2 N–H and O–H groups in total. The summed E-state index contributed by atoms with van der Waals surface area (Å²) in [5.41, 5.74) is 2.18. The topological polar surface area (TPSA) is 62.2 Å². The van der Waals surface area contributed by atoms with Gasteiger partial charge in [0, 0.05) is 36.8 Å². The maximum atomic E-state index is 4.51. The number of aryl methyl sites for hydroxylation is 2. The summed E-state index contributed by atoms with van der Waals surface area (Å²) in [5.74, 6) is 0.788. The number of nitrogens with one attached hydrogen (secondary N) is 2. The van der Waals surface area contributed by atoms with Crippen LogP contribution in [0, 0.1) is 13.8 Å². The van der Waals surface area contributed by atoms with Gasteiger partial charge in [0.2, 0.25) is 0 Å². The summed E-state index contributed by atoms with van der Waals surface area (Å²) in [4.78, 5) is 14.3. The Morgan fingerprint density at radius 3 is 2.76 bits per heavy atom. The van der Waals surface area contributed by atoms with Crippen molar-refractivity contribution >= 4 is 17.3 Å². The lowest BCUT2D eigenvalue weighted by Gasteiger charge is -2.10. The number of pyridine rings is 1. The Hall–Kier alpha value is -1.95. The molecule has 5 nitrogen and oxygen atoms in total. The van der Waals surface area contributed by atoms with Crippen LogP contribution in [-0.4, -0.2) is 29.5 Å². The molecule has 0 spiro atoms. The fourth-order valence-corrected chi connectivity index (χ4v) is 2.72. The van der Waals surface area contributed by atoms with Crippen molar-refractivity contribution in [2.75, 3.05) is 13.6 Å². The van der Waals surface area contributed by atoms with E-state index in [1.807, 2.05) is 31.3 Å². The molecule has 0 bridgehead atoms. The number of hydrogen-bond acceptors (Lipinski definition) is 4. The summed E-state index contributed by atoms with van der Waals surface area (Å²) in [6.45, 7) is 5.63. The predicted molar refractivity (Wildman–Crippen MR) is 87.7 cm³/mol. The molecule has 0 aliphatic carbocycles. The van der Waals surface area contributed by atoms with Crippen LogP contribution in [0.4, 0.5) is 0 Å². The van der Waals surface area contributed by atoms with Crippen molar-refractivity contribution < 1.29 is 0 Å². The van der Waals surface area contributed by atoms with Crippen LogP contribution in [-0.2, 0) is 13.0 Å². The minimum atomic E-state index is 0.697. The van der Waals surface area contributed by atoms with E-state index in [1.165, 1.54) is 4.88 Å². The van der Waals surface area contributed by atoms with Crippen LogP contribution in [0.3, 0.4) is 0 Å². The molecule has 0 amide bonds. The highest BCUT2D eigenvalue weighted by Crippen LogP contribution is 2.15. The minimum absolute atomic E-state index is 0.697. The van der Waals surface area contributed by atoms with E-state index in [0.717, 1.165) is 35.3 Å². The number of nitrogens with zero attached hydrogens (tertiary/aromatic N) is 3. The van der Waals surface area contributed by atoms with Gasteiger partial charge in [-0.2, -0.15) is 0 Å². The summed E-state index contributed by atoms with van der Waals surface area (Å²) in [6.07, 6.45) is 2.69. The number of aliphatic imine (C=N–C) groups is 1. The molecule has 112 valence electrons. The Morgan fingerprint density at radius 2 is 2.14 bits per heavy atom. The molecule has 0 saturated heterocycles. The second-order valence-corrected chi connectivity index (χ2v) is 5.96. The average molecular weight is 303 g/mol. The third kappa shape index (κ3) is 4.82. The van der Waals surface area contributed by atoms with Crippen LogP contribution >= 0.6 is 11.3 Å². The Morgan fingerprint density at radius 1 is 1.29 bits per heavy atom. The Labute approximate surface area is 129 Å². The normalized spacial score (nSPS) is 11.5. The third-order valence-corrected chi connectivity index (χ3v) is 4.18. The molecule has 2 rings (SSSR count). The molecular weight excluding hydrogens is 282 g/mol. The van der Waals surface area contributed by atoms with Crippen LogP contribution in [0.25, 0.3) is 0 Å². The van der Waals surface area contributed by atoms with E-state index in [0.29, 0.717) is 6.54 Å². The third-order valence-electron chi connectivity index (χ3n) is 3.10. The van der Waals surface area contributed by atoms with Gasteiger partial charge in [-0.1, -0.05) is 6.07 Å². The molecule has 2 aromatic heterocycles. The van der Waals surface area contributed by atoms with Gasteiger partial charge in [0.15, 0.2) is 5.96 Å². The highest BCUT2D eigenvalue weighted by molar-refractivity contribution is 7.11. The molecule has 0 radical (unpaired) electrons. The van der Waals surface area contributed by atoms with E-state index in [9.17, 15) is 0 Å². The Kier molecular flexibility index (Phi) is 5.68. The lowest BCUT2D eigenvalue weighted by molar-refractivity contribution is 0.781. The molecule has 0 aromatic carbocycles. The van der Waals surface area contributed by atoms with E-state index in [2.05, 4.69) is 32.5 Å². The van der Waals surface area contributed by atoms with Crippen molar-refractivity contribution in [2.45, 2.75) is 26.8 Å². The van der Waals surface area contributed by atoms with Gasteiger partial charge in [0.1, 0.15) is 5.01 Å². The molecule has 21 heavy (non-hydrogen) atoms. The fraction of sp³-hybridized carbons (Fsp3) is 0.400. The van der Waals surface area contributed by atoms with E-state index in [4.69, 9.17) is 0 Å². The summed E-state index contributed by atoms with van der Waals surface area (Å²) >= 11 is 1.72. The second-order valence-electron chi connectivity index (χ2n) is 4.67. The van der Waals surface area contributed by atoms with Crippen molar-refractivity contribution in [3.05, 3.63) is 45.7 Å². The van der Waals surface area contributed by atoms with Gasteiger partial charge in [-0.05, 0) is 26.0 Å². The zero-order valence-corrected chi connectivity index (χ0v) is 13.5. The number of aromatic nitrogens is 2. The molecule has 2 aromatic rings. The van der Waals surface area contributed by atoms with Crippen molar-refractivity contribution in [3.63, 3.8) is 0 Å². The summed E-state index contributed by atoms with van der Waals surface area (Å²) in [7, 11) is 1.77. The number of guanidine groups is 1. The molecule has 0 fully saturated rings. The molecule has 0 saturated carbocycles. The zero-order chi connectivity index (χ0) is 15.1. The SMILES string of the molecule is CN=C(NCCc1ccccn1)NCc1nc(C)c(C)s1. The summed E-state index contributed by atoms with van der Waals surface area (Å²) in [5, 5.41) is 7.65. The van der Waals surface area contributed by atoms with E-state index in [-0.39, 0.29) is 0 Å². The van der Waals surface area contributed by atoms with Crippen molar-refractivity contribution in [3.8, 4) is 0 Å². The molecular formula is C15H21N5S. The number of thiazole rings is 1. The van der Waals surface area contributed by atoms with Gasteiger partial charge in [0.25, 0.3) is 0 Å². The number of hydrogen-bond donors (Lipinski definition) is 2. The van der Waals surface area contributed by atoms with Gasteiger partial charge in [-0.15, -0.1) is 11.3 Å². The first kappa shape index (κ1) is 15.4.